The van der Waals surface area contributed by atoms with E-state index in [4.69, 9.17) is 10.5 Å². The Morgan fingerprint density at radius 3 is 2.47 bits per heavy atom. The van der Waals surface area contributed by atoms with Gasteiger partial charge in [0.2, 0.25) is 5.91 Å². The molecule has 0 aromatic heterocycles. The normalized spacial score (nSPS) is 23.4. The molecule has 4 nitrogen and oxygen atoms in total. The van der Waals surface area contributed by atoms with Gasteiger partial charge in [-0.25, -0.2) is 0 Å². The predicted molar refractivity (Wildman–Crippen MR) is 65.3 cm³/mol. The molecule has 2 N–H and O–H groups in total. The van der Waals surface area contributed by atoms with Crippen molar-refractivity contribution in [2.75, 3.05) is 0 Å². The highest BCUT2D eigenvalue weighted by atomic mass is 16.6. The highest BCUT2D eigenvalue weighted by Gasteiger charge is 2.48. The maximum absolute atomic E-state index is 11.5. The number of rotatable bonds is 8. The van der Waals surface area contributed by atoms with Gasteiger partial charge in [-0.15, -0.1) is 0 Å². The van der Waals surface area contributed by atoms with Gasteiger partial charge in [-0.2, -0.15) is 0 Å². The van der Waals surface area contributed by atoms with Gasteiger partial charge in [0.05, 0.1) is 0 Å². The van der Waals surface area contributed by atoms with Crippen molar-refractivity contribution >= 4 is 11.7 Å². The summed E-state index contributed by atoms with van der Waals surface area (Å²) in [4.78, 5) is 22.2. The molecule has 4 heteroatoms. The van der Waals surface area contributed by atoms with E-state index in [0.29, 0.717) is 12.8 Å². The van der Waals surface area contributed by atoms with Crippen LogP contribution in [0.15, 0.2) is 24.3 Å². The number of ketones is 1. The van der Waals surface area contributed by atoms with Crippen molar-refractivity contribution in [3.05, 3.63) is 24.3 Å². The second-order valence-electron chi connectivity index (χ2n) is 3.97. The van der Waals surface area contributed by atoms with Crippen molar-refractivity contribution in [1.82, 2.24) is 0 Å². The number of primary amides is 1. The predicted octanol–water partition coefficient (Wildman–Crippen LogP) is 1.50. The first-order valence-electron chi connectivity index (χ1n) is 5.94. The van der Waals surface area contributed by atoms with Crippen LogP contribution in [0, 0.1) is 0 Å². The molecular weight excluding hydrogens is 218 g/mol. The molecular formula is C13H19NO3. The Bertz CT molecular complexity index is 334. The SMILES string of the molecule is CC/C=C/C/C=C/CCC(=O)C1OC1C(N)=O. The molecule has 1 rings (SSSR count). The molecule has 94 valence electrons. The molecule has 2 unspecified atom stereocenters. The van der Waals surface area contributed by atoms with Gasteiger partial charge in [-0.3, -0.25) is 9.59 Å². The van der Waals surface area contributed by atoms with Crippen molar-refractivity contribution in [3.8, 4) is 0 Å². The quantitative estimate of drug-likeness (QED) is 0.513. The number of Topliss-reactive ketones (excluding diaryl/α,β-unsaturated/α-hetero) is 1. The van der Waals surface area contributed by atoms with E-state index in [0.717, 1.165) is 12.8 Å². The average Bonchev–Trinajstić information content (AvgIpc) is 3.07. The van der Waals surface area contributed by atoms with Crippen LogP contribution < -0.4 is 5.73 Å². The molecule has 0 aromatic rings. The zero-order valence-electron chi connectivity index (χ0n) is 10.1. The minimum atomic E-state index is -0.682. The summed E-state index contributed by atoms with van der Waals surface area (Å²) in [5.74, 6) is -0.592. The van der Waals surface area contributed by atoms with Gasteiger partial charge in [0.15, 0.2) is 18.0 Å². The number of amides is 1. The van der Waals surface area contributed by atoms with Crippen LogP contribution in [0.2, 0.25) is 0 Å². The van der Waals surface area contributed by atoms with Crippen LogP contribution in [0.3, 0.4) is 0 Å². The fraction of sp³-hybridized carbons (Fsp3) is 0.538. The Morgan fingerprint density at radius 1 is 1.18 bits per heavy atom. The maximum atomic E-state index is 11.5. The number of nitrogens with two attached hydrogens (primary N) is 1. The minimum Gasteiger partial charge on any atom is -0.367 e. The van der Waals surface area contributed by atoms with Crippen LogP contribution in [-0.4, -0.2) is 23.9 Å². The highest BCUT2D eigenvalue weighted by molar-refractivity contribution is 5.95. The summed E-state index contributed by atoms with van der Waals surface area (Å²) in [6, 6.07) is 0. The number of epoxide rings is 1. The highest BCUT2D eigenvalue weighted by Crippen LogP contribution is 2.24. The van der Waals surface area contributed by atoms with Crippen LogP contribution >= 0.6 is 0 Å². The molecule has 1 aliphatic heterocycles. The summed E-state index contributed by atoms with van der Waals surface area (Å²) in [7, 11) is 0. The molecule has 0 spiro atoms. The van der Waals surface area contributed by atoms with Crippen molar-refractivity contribution in [3.63, 3.8) is 0 Å². The second kappa shape index (κ2) is 7.01. The minimum absolute atomic E-state index is 0.0393. The molecule has 1 amide bonds. The van der Waals surface area contributed by atoms with E-state index < -0.39 is 18.1 Å². The smallest absolute Gasteiger partial charge is 0.249 e. The summed E-state index contributed by atoms with van der Waals surface area (Å²) in [6.45, 7) is 2.09. The monoisotopic (exact) mass is 237 g/mol. The maximum Gasteiger partial charge on any atom is 0.249 e. The zero-order chi connectivity index (χ0) is 12.7. The third-order valence-corrected chi connectivity index (χ3v) is 2.49. The fourth-order valence-corrected chi connectivity index (χ4v) is 1.50. The van der Waals surface area contributed by atoms with Crippen LogP contribution in [0.25, 0.3) is 0 Å². The van der Waals surface area contributed by atoms with E-state index in [9.17, 15) is 9.59 Å². The lowest BCUT2D eigenvalue weighted by atomic mass is 10.1. The molecule has 1 fully saturated rings. The zero-order valence-corrected chi connectivity index (χ0v) is 10.1. The third-order valence-electron chi connectivity index (χ3n) is 2.49. The Kier molecular flexibility index (Phi) is 5.63. The second-order valence-corrected chi connectivity index (χ2v) is 3.97. The molecule has 0 bridgehead atoms. The van der Waals surface area contributed by atoms with E-state index in [-0.39, 0.29) is 5.78 Å². The van der Waals surface area contributed by atoms with E-state index >= 15 is 0 Å². The standard InChI is InChI=1S/C13H19NO3/c1-2-3-4-5-6-7-8-9-10(15)11-12(17-11)13(14)16/h3-4,6-7,11-12H,2,5,8-9H2,1H3,(H2,14,16)/b4-3+,7-6+. The van der Waals surface area contributed by atoms with Gasteiger partial charge < -0.3 is 10.5 Å². The van der Waals surface area contributed by atoms with Gasteiger partial charge in [-0.05, 0) is 19.3 Å². The first-order valence-corrected chi connectivity index (χ1v) is 5.94. The van der Waals surface area contributed by atoms with E-state index in [1.807, 2.05) is 12.2 Å². The van der Waals surface area contributed by atoms with E-state index in [2.05, 4.69) is 19.1 Å². The number of hydrogen-bond acceptors (Lipinski definition) is 3. The van der Waals surface area contributed by atoms with Gasteiger partial charge in [0, 0.05) is 6.42 Å². The van der Waals surface area contributed by atoms with Crippen molar-refractivity contribution < 1.29 is 14.3 Å². The summed E-state index contributed by atoms with van der Waals surface area (Å²) in [5, 5.41) is 0. The van der Waals surface area contributed by atoms with Gasteiger partial charge in [0.25, 0.3) is 0 Å². The van der Waals surface area contributed by atoms with Gasteiger partial charge in [-0.1, -0.05) is 31.2 Å². The van der Waals surface area contributed by atoms with Crippen LogP contribution in [-0.2, 0) is 14.3 Å². The molecule has 0 aromatic carbocycles. The summed E-state index contributed by atoms with van der Waals surface area (Å²) in [6.07, 6.45) is 9.95. The Balaban J connectivity index is 2.09. The lowest BCUT2D eigenvalue weighted by Gasteiger charge is -1.92. The van der Waals surface area contributed by atoms with E-state index in [1.165, 1.54) is 0 Å². The first-order chi connectivity index (χ1) is 8.16. The van der Waals surface area contributed by atoms with Crippen LogP contribution in [0.1, 0.15) is 32.6 Å². The number of allylic oxidation sites excluding steroid dienone is 4. The van der Waals surface area contributed by atoms with E-state index in [1.54, 1.807) is 0 Å². The molecule has 17 heavy (non-hydrogen) atoms. The first kappa shape index (κ1) is 13.6. The molecule has 0 saturated carbocycles. The summed E-state index contributed by atoms with van der Waals surface area (Å²) < 4.78 is 4.89. The number of ether oxygens (including phenoxy) is 1. The van der Waals surface area contributed by atoms with Crippen molar-refractivity contribution in [2.45, 2.75) is 44.8 Å². The molecule has 0 radical (unpaired) electrons. The molecule has 1 saturated heterocycles. The number of carbonyl (C=O) groups excluding carboxylic acids is 2. The van der Waals surface area contributed by atoms with Crippen LogP contribution in [0.5, 0.6) is 0 Å². The fourth-order valence-electron chi connectivity index (χ4n) is 1.50. The number of hydrogen-bond donors (Lipinski definition) is 1. The van der Waals surface area contributed by atoms with Gasteiger partial charge in [0.1, 0.15) is 0 Å². The van der Waals surface area contributed by atoms with Crippen LogP contribution in [0.4, 0.5) is 0 Å². The Labute approximate surface area is 102 Å². The van der Waals surface area contributed by atoms with Gasteiger partial charge >= 0.3 is 0 Å². The Morgan fingerprint density at radius 2 is 1.88 bits per heavy atom. The molecule has 0 aliphatic carbocycles. The lowest BCUT2D eigenvalue weighted by Crippen LogP contribution is -2.22. The van der Waals surface area contributed by atoms with Crippen molar-refractivity contribution in [1.29, 1.82) is 0 Å². The Hall–Kier alpha value is -1.42. The topological polar surface area (TPSA) is 72.7 Å². The molecule has 2 atom stereocenters. The summed E-state index contributed by atoms with van der Waals surface area (Å²) >= 11 is 0. The summed E-state index contributed by atoms with van der Waals surface area (Å²) in [5.41, 5.74) is 5.01. The third kappa shape index (κ3) is 4.95. The average molecular weight is 237 g/mol. The number of carbonyl (C=O) groups is 2. The largest absolute Gasteiger partial charge is 0.367 e. The molecule has 1 aliphatic rings. The molecule has 1 heterocycles. The lowest BCUT2D eigenvalue weighted by molar-refractivity contribution is -0.121. The van der Waals surface area contributed by atoms with Crippen molar-refractivity contribution in [2.24, 2.45) is 5.73 Å².